The molecule has 5 heteroatoms. The Morgan fingerprint density at radius 3 is 2.09 bits per heavy atom. The molecule has 0 fully saturated rings. The number of carbonyl (C=O) groups excluding carboxylic acids is 1. The number of pyridine rings is 1. The van der Waals surface area contributed by atoms with E-state index in [1.165, 1.54) is 47.7 Å². The van der Waals surface area contributed by atoms with Crippen LogP contribution in [0.15, 0.2) is 58.8 Å². The Morgan fingerprint density at radius 2 is 1.56 bits per heavy atom. The van der Waals surface area contributed by atoms with Gasteiger partial charge >= 0.3 is 0 Å². The van der Waals surface area contributed by atoms with Crippen molar-refractivity contribution >= 4 is 16.8 Å². The van der Waals surface area contributed by atoms with Crippen molar-refractivity contribution in [2.24, 2.45) is 0 Å². The van der Waals surface area contributed by atoms with Gasteiger partial charge in [0, 0.05) is 43.3 Å². The Morgan fingerprint density at radius 1 is 0.941 bits per heavy atom. The molecule has 4 aromatic rings. The summed E-state index contributed by atoms with van der Waals surface area (Å²) in [5, 5.41) is 9.38. The summed E-state index contributed by atoms with van der Waals surface area (Å²) in [6.45, 7) is 13.4. The SMILES string of the molecule is CC(=O)/C=C(/C)O.Cc1[c-]c(-c2cc3oc(-c4c(C)cc(C)cc4C)cc3cn2)cc(C)c1.[Ir]. The number of hydrogen-bond acceptors (Lipinski definition) is 4. The third-order valence-electron chi connectivity index (χ3n) is 5.16. The Balaban J connectivity index is 0.000000449. The van der Waals surface area contributed by atoms with E-state index in [9.17, 15) is 4.79 Å². The molecule has 179 valence electrons. The molecule has 1 radical (unpaired) electrons. The Bertz CT molecular complexity index is 1320. The quantitative estimate of drug-likeness (QED) is 0.144. The van der Waals surface area contributed by atoms with Crippen molar-refractivity contribution in [3.8, 4) is 22.6 Å². The van der Waals surface area contributed by atoms with Gasteiger partial charge < -0.3 is 14.5 Å². The van der Waals surface area contributed by atoms with Crippen LogP contribution in [0, 0.1) is 40.7 Å². The number of carbonyl (C=O) groups is 1. The average Bonchev–Trinajstić information content (AvgIpc) is 3.08. The van der Waals surface area contributed by atoms with E-state index in [4.69, 9.17) is 9.52 Å². The van der Waals surface area contributed by atoms with Crippen molar-refractivity contribution in [3.05, 3.63) is 88.3 Å². The summed E-state index contributed by atoms with van der Waals surface area (Å²) >= 11 is 0. The molecule has 0 spiro atoms. The molecule has 0 aliphatic heterocycles. The predicted molar refractivity (Wildman–Crippen MR) is 134 cm³/mol. The molecule has 0 saturated carbocycles. The van der Waals surface area contributed by atoms with Crippen LogP contribution < -0.4 is 0 Å². The zero-order valence-corrected chi connectivity index (χ0v) is 23.1. The largest absolute Gasteiger partial charge is 0.512 e. The van der Waals surface area contributed by atoms with E-state index >= 15 is 0 Å². The van der Waals surface area contributed by atoms with Crippen molar-refractivity contribution in [3.63, 3.8) is 0 Å². The Labute approximate surface area is 215 Å². The van der Waals surface area contributed by atoms with Crippen molar-refractivity contribution in [1.29, 1.82) is 0 Å². The Hall–Kier alpha value is -3.01. The summed E-state index contributed by atoms with van der Waals surface area (Å²) in [7, 11) is 0. The van der Waals surface area contributed by atoms with Gasteiger partial charge in [-0.3, -0.25) is 4.79 Å². The molecule has 0 aliphatic rings. The maximum Gasteiger partial charge on any atom is 0.155 e. The minimum Gasteiger partial charge on any atom is -0.512 e. The van der Waals surface area contributed by atoms with Crippen LogP contribution in [0.1, 0.15) is 41.7 Å². The summed E-state index contributed by atoms with van der Waals surface area (Å²) < 4.78 is 6.22. The van der Waals surface area contributed by atoms with Crippen LogP contribution in [0.3, 0.4) is 0 Å². The van der Waals surface area contributed by atoms with Gasteiger partial charge in [-0.1, -0.05) is 31.5 Å². The number of aromatic nitrogens is 1. The van der Waals surface area contributed by atoms with Crippen molar-refractivity contribution in [2.75, 3.05) is 0 Å². The van der Waals surface area contributed by atoms with E-state index in [0.29, 0.717) is 0 Å². The second-order valence-electron chi connectivity index (χ2n) is 8.64. The molecule has 0 saturated heterocycles. The first-order valence-corrected chi connectivity index (χ1v) is 10.9. The van der Waals surface area contributed by atoms with Crippen LogP contribution in [0.2, 0.25) is 0 Å². The number of hydrogen-bond donors (Lipinski definition) is 1. The van der Waals surface area contributed by atoms with E-state index in [2.05, 4.69) is 76.0 Å². The molecule has 2 aromatic carbocycles. The second-order valence-corrected chi connectivity index (χ2v) is 8.64. The topological polar surface area (TPSA) is 63.3 Å². The number of ketones is 1. The summed E-state index contributed by atoms with van der Waals surface area (Å²) in [5.41, 5.74) is 10.00. The number of fused-ring (bicyclic) bond motifs is 1. The van der Waals surface area contributed by atoms with Gasteiger partial charge in [-0.15, -0.1) is 34.9 Å². The maximum atomic E-state index is 10.0. The number of aryl methyl sites for hydroxylation is 5. The number of rotatable bonds is 3. The molecule has 4 rings (SSSR count). The molecule has 4 nitrogen and oxygen atoms in total. The van der Waals surface area contributed by atoms with E-state index in [-0.39, 0.29) is 31.6 Å². The normalized spacial score (nSPS) is 11.0. The van der Waals surface area contributed by atoms with Crippen LogP contribution >= 0.6 is 0 Å². The van der Waals surface area contributed by atoms with Crippen LogP contribution in [0.4, 0.5) is 0 Å². The molecule has 0 bridgehead atoms. The third-order valence-corrected chi connectivity index (χ3v) is 5.16. The molecule has 0 aliphatic carbocycles. The monoisotopic (exact) mass is 633 g/mol. The molecule has 0 atom stereocenters. The minimum atomic E-state index is -0.125. The number of nitrogens with zero attached hydrogens (tertiary/aromatic N) is 1. The zero-order valence-electron chi connectivity index (χ0n) is 20.7. The van der Waals surface area contributed by atoms with E-state index in [0.717, 1.165) is 33.6 Å². The van der Waals surface area contributed by atoms with E-state index in [1.807, 2.05) is 12.3 Å². The first-order valence-electron chi connectivity index (χ1n) is 10.9. The molecule has 2 aromatic heterocycles. The first kappa shape index (κ1) is 27.2. The van der Waals surface area contributed by atoms with Gasteiger partial charge in [-0.05, 0) is 63.6 Å². The second kappa shape index (κ2) is 11.4. The molecule has 0 unspecified atom stereocenters. The molecule has 0 amide bonds. The molecular formula is C29H30IrNO3-. The van der Waals surface area contributed by atoms with Crippen LogP contribution in [-0.2, 0) is 24.9 Å². The summed E-state index contributed by atoms with van der Waals surface area (Å²) in [4.78, 5) is 14.7. The third kappa shape index (κ3) is 6.75. The fraction of sp³-hybridized carbons (Fsp3) is 0.241. The van der Waals surface area contributed by atoms with Crippen LogP contribution in [0.25, 0.3) is 33.6 Å². The smallest absolute Gasteiger partial charge is 0.155 e. The van der Waals surface area contributed by atoms with Crippen molar-refractivity contribution < 1.29 is 34.4 Å². The first-order chi connectivity index (χ1) is 15.5. The number of benzene rings is 2. The van der Waals surface area contributed by atoms with Crippen molar-refractivity contribution in [2.45, 2.75) is 48.5 Å². The predicted octanol–water partition coefficient (Wildman–Crippen LogP) is 7.54. The summed E-state index contributed by atoms with van der Waals surface area (Å²) in [5.74, 6) is 0.839. The standard InChI is InChI=1S/C24H22NO.C5H8O2.Ir/c1-14-6-15(2)10-19(9-14)21-12-22-20(13-25-21)11-23(26-22)24-17(4)7-16(3)8-18(24)5;1-4(6)3-5(2)7;/h6-9,11-13H,1-5H3;3,6H,1-2H3;/q-1;;/b;4-3-;. The number of allylic oxidation sites excluding steroid dienone is 2. The zero-order chi connectivity index (χ0) is 24.3. The summed E-state index contributed by atoms with van der Waals surface area (Å²) in [6, 6.07) is 16.1. The van der Waals surface area contributed by atoms with Crippen LogP contribution in [-0.4, -0.2) is 15.9 Å². The van der Waals surface area contributed by atoms with Gasteiger partial charge in [0.1, 0.15) is 11.3 Å². The van der Waals surface area contributed by atoms with Crippen LogP contribution in [0.5, 0.6) is 0 Å². The van der Waals surface area contributed by atoms with Gasteiger partial charge in [0.2, 0.25) is 0 Å². The van der Waals surface area contributed by atoms with Gasteiger partial charge in [0.25, 0.3) is 0 Å². The maximum absolute atomic E-state index is 10.0. The fourth-order valence-corrected chi connectivity index (χ4v) is 4.10. The Kier molecular flexibility index (Phi) is 9.14. The summed E-state index contributed by atoms with van der Waals surface area (Å²) in [6.07, 6.45) is 3.06. The number of aliphatic hydroxyl groups is 1. The number of aliphatic hydroxyl groups excluding tert-OH is 1. The fourth-order valence-electron chi connectivity index (χ4n) is 4.10. The molecule has 1 N–H and O–H groups in total. The molecular weight excluding hydrogens is 603 g/mol. The molecule has 34 heavy (non-hydrogen) atoms. The van der Waals surface area contributed by atoms with E-state index < -0.39 is 0 Å². The van der Waals surface area contributed by atoms with Gasteiger partial charge in [-0.25, -0.2) is 0 Å². The van der Waals surface area contributed by atoms with Gasteiger partial charge in [-0.2, -0.15) is 0 Å². The molecule has 2 heterocycles. The van der Waals surface area contributed by atoms with Gasteiger partial charge in [0.05, 0.1) is 5.76 Å². The van der Waals surface area contributed by atoms with Crippen molar-refractivity contribution in [1.82, 2.24) is 4.98 Å². The average molecular weight is 633 g/mol. The number of furan rings is 1. The van der Waals surface area contributed by atoms with E-state index in [1.54, 1.807) is 0 Å². The van der Waals surface area contributed by atoms with Gasteiger partial charge in [0.15, 0.2) is 5.78 Å². The minimum absolute atomic E-state index is 0.